The Balaban J connectivity index is 2.04. The minimum absolute atomic E-state index is 0.0726. The SMILES string of the molecule is O=[N+]([O-])c1cc(CNc2ccc(Cl)cc2F)cs1. The molecule has 2 rings (SSSR count). The van der Waals surface area contributed by atoms with Crippen LogP contribution in [0.1, 0.15) is 5.56 Å². The Hall–Kier alpha value is -1.66. The van der Waals surface area contributed by atoms with Crippen LogP contribution in [0.5, 0.6) is 0 Å². The quantitative estimate of drug-likeness (QED) is 0.681. The minimum atomic E-state index is -0.452. The number of hydrogen-bond donors (Lipinski definition) is 1. The molecule has 18 heavy (non-hydrogen) atoms. The predicted octanol–water partition coefficient (Wildman–Crippen LogP) is 4.06. The molecule has 4 nitrogen and oxygen atoms in total. The molecule has 0 aliphatic rings. The molecule has 0 bridgehead atoms. The molecule has 0 saturated carbocycles. The molecule has 7 heteroatoms. The van der Waals surface area contributed by atoms with Crippen molar-refractivity contribution in [2.45, 2.75) is 6.54 Å². The van der Waals surface area contributed by atoms with Crippen molar-refractivity contribution in [3.63, 3.8) is 0 Å². The van der Waals surface area contributed by atoms with Crippen LogP contribution in [-0.2, 0) is 6.54 Å². The van der Waals surface area contributed by atoms with Crippen molar-refractivity contribution in [2.24, 2.45) is 0 Å². The first kappa shape index (κ1) is 12.8. The Labute approximate surface area is 111 Å². The normalized spacial score (nSPS) is 10.3. The van der Waals surface area contributed by atoms with Crippen molar-refractivity contribution < 1.29 is 9.31 Å². The highest BCUT2D eigenvalue weighted by atomic mass is 35.5. The molecule has 1 N–H and O–H groups in total. The molecule has 0 amide bonds. The van der Waals surface area contributed by atoms with Crippen LogP contribution in [0.2, 0.25) is 5.02 Å². The molecule has 0 atom stereocenters. The molecule has 0 spiro atoms. The molecule has 94 valence electrons. The molecule has 1 aromatic carbocycles. The molecular formula is C11H8ClFN2O2S. The van der Waals surface area contributed by atoms with Crippen molar-refractivity contribution >= 4 is 33.6 Å². The molecule has 0 fully saturated rings. The third-order valence-corrected chi connectivity index (χ3v) is 3.40. The van der Waals surface area contributed by atoms with Crippen molar-refractivity contribution in [2.75, 3.05) is 5.32 Å². The third kappa shape index (κ3) is 2.96. The van der Waals surface area contributed by atoms with Gasteiger partial charge in [-0.2, -0.15) is 0 Å². The number of halogens is 2. The van der Waals surface area contributed by atoms with Crippen LogP contribution < -0.4 is 5.32 Å². The van der Waals surface area contributed by atoms with E-state index in [9.17, 15) is 14.5 Å². The molecular weight excluding hydrogens is 279 g/mol. The van der Waals surface area contributed by atoms with E-state index in [1.807, 2.05) is 0 Å². The largest absolute Gasteiger partial charge is 0.379 e. The Morgan fingerprint density at radius 2 is 2.22 bits per heavy atom. The summed E-state index contributed by atoms with van der Waals surface area (Å²) < 4.78 is 13.4. The van der Waals surface area contributed by atoms with E-state index < -0.39 is 10.7 Å². The van der Waals surface area contributed by atoms with Crippen LogP contribution >= 0.6 is 22.9 Å². The summed E-state index contributed by atoms with van der Waals surface area (Å²) in [5.74, 6) is -0.452. The maximum absolute atomic E-state index is 13.4. The molecule has 2 aromatic rings. The predicted molar refractivity (Wildman–Crippen MR) is 69.7 cm³/mol. The van der Waals surface area contributed by atoms with Gasteiger partial charge in [-0.3, -0.25) is 10.1 Å². The fourth-order valence-electron chi connectivity index (χ4n) is 1.38. The van der Waals surface area contributed by atoms with E-state index in [2.05, 4.69) is 5.32 Å². The Kier molecular flexibility index (Phi) is 3.78. The Bertz CT molecular complexity index is 588. The van der Waals surface area contributed by atoms with E-state index in [1.54, 1.807) is 11.4 Å². The van der Waals surface area contributed by atoms with E-state index >= 15 is 0 Å². The maximum Gasteiger partial charge on any atom is 0.324 e. The first-order valence-corrected chi connectivity index (χ1v) is 6.23. The first-order valence-electron chi connectivity index (χ1n) is 4.97. The summed E-state index contributed by atoms with van der Waals surface area (Å²) in [6, 6.07) is 5.77. The van der Waals surface area contributed by atoms with E-state index in [1.165, 1.54) is 18.2 Å². The molecule has 0 aliphatic heterocycles. The van der Waals surface area contributed by atoms with Crippen molar-refractivity contribution in [1.29, 1.82) is 0 Å². The molecule has 1 aromatic heterocycles. The summed E-state index contributed by atoms with van der Waals surface area (Å²) in [5, 5.41) is 15.4. The zero-order valence-corrected chi connectivity index (χ0v) is 10.6. The zero-order valence-electron chi connectivity index (χ0n) is 9.02. The number of rotatable bonds is 4. The van der Waals surface area contributed by atoms with E-state index in [0.29, 0.717) is 17.3 Å². The Morgan fingerprint density at radius 3 is 2.83 bits per heavy atom. The second-order valence-corrected chi connectivity index (χ2v) is 4.85. The maximum atomic E-state index is 13.4. The van der Waals surface area contributed by atoms with Gasteiger partial charge in [0.1, 0.15) is 5.82 Å². The van der Waals surface area contributed by atoms with E-state index in [4.69, 9.17) is 11.6 Å². The highest BCUT2D eigenvalue weighted by molar-refractivity contribution is 7.13. The number of anilines is 1. The zero-order chi connectivity index (χ0) is 13.1. The fourth-order valence-corrected chi connectivity index (χ4v) is 2.27. The summed E-state index contributed by atoms with van der Waals surface area (Å²) in [6.45, 7) is 0.322. The van der Waals surface area contributed by atoms with Crippen molar-refractivity contribution in [3.05, 3.63) is 56.2 Å². The van der Waals surface area contributed by atoms with Gasteiger partial charge < -0.3 is 5.32 Å². The van der Waals surface area contributed by atoms with Crippen LogP contribution in [0.4, 0.5) is 15.1 Å². The Morgan fingerprint density at radius 1 is 1.44 bits per heavy atom. The summed E-state index contributed by atoms with van der Waals surface area (Å²) >= 11 is 6.68. The second kappa shape index (κ2) is 5.32. The van der Waals surface area contributed by atoms with Crippen LogP contribution in [0.3, 0.4) is 0 Å². The van der Waals surface area contributed by atoms with E-state index in [0.717, 1.165) is 16.9 Å². The van der Waals surface area contributed by atoms with Gasteiger partial charge >= 0.3 is 5.00 Å². The highest BCUT2D eigenvalue weighted by Crippen LogP contribution is 2.24. The van der Waals surface area contributed by atoms with Crippen molar-refractivity contribution in [3.8, 4) is 0 Å². The second-order valence-electron chi connectivity index (χ2n) is 3.53. The fraction of sp³-hybridized carbons (Fsp3) is 0.0909. The standard InChI is InChI=1S/C11H8ClFN2O2S/c12-8-1-2-10(9(13)4-8)14-5-7-3-11(15(16)17)18-6-7/h1-4,6,14H,5H2. The molecule has 0 unspecified atom stereocenters. The van der Waals surface area contributed by atoms with Crippen LogP contribution in [0.15, 0.2) is 29.6 Å². The highest BCUT2D eigenvalue weighted by Gasteiger charge is 2.10. The summed E-state index contributed by atoms with van der Waals surface area (Å²) in [4.78, 5) is 10.1. The average Bonchev–Trinajstić information content (AvgIpc) is 2.76. The third-order valence-electron chi connectivity index (χ3n) is 2.23. The van der Waals surface area contributed by atoms with Gasteiger partial charge in [-0.05, 0) is 23.8 Å². The molecule has 0 aliphatic carbocycles. The van der Waals surface area contributed by atoms with Gasteiger partial charge in [0, 0.05) is 23.0 Å². The number of nitrogens with zero attached hydrogens (tertiary/aromatic N) is 1. The topological polar surface area (TPSA) is 55.2 Å². The number of thiophene rings is 1. The van der Waals surface area contributed by atoms with E-state index in [-0.39, 0.29) is 5.00 Å². The van der Waals surface area contributed by atoms with Gasteiger partial charge in [0.15, 0.2) is 0 Å². The summed E-state index contributed by atoms with van der Waals surface area (Å²) in [6.07, 6.45) is 0. The summed E-state index contributed by atoms with van der Waals surface area (Å²) in [5.41, 5.74) is 1.05. The average molecular weight is 287 g/mol. The molecule has 0 saturated heterocycles. The van der Waals surface area contributed by atoms with Crippen LogP contribution in [-0.4, -0.2) is 4.92 Å². The summed E-state index contributed by atoms with van der Waals surface area (Å²) in [7, 11) is 0. The van der Waals surface area contributed by atoms with Gasteiger partial charge in [-0.15, -0.1) is 0 Å². The lowest BCUT2D eigenvalue weighted by Crippen LogP contribution is -2.00. The van der Waals surface area contributed by atoms with Crippen LogP contribution in [0.25, 0.3) is 0 Å². The first-order chi connectivity index (χ1) is 8.56. The van der Waals surface area contributed by atoms with Crippen LogP contribution in [0, 0.1) is 15.9 Å². The monoisotopic (exact) mass is 286 g/mol. The lowest BCUT2D eigenvalue weighted by molar-refractivity contribution is -0.380. The van der Waals surface area contributed by atoms with Gasteiger partial charge in [-0.1, -0.05) is 22.9 Å². The van der Waals surface area contributed by atoms with Gasteiger partial charge in [-0.25, -0.2) is 4.39 Å². The van der Waals surface area contributed by atoms with Gasteiger partial charge in [0.2, 0.25) is 0 Å². The number of nitrogens with one attached hydrogen (secondary N) is 1. The number of benzene rings is 1. The number of hydrogen-bond acceptors (Lipinski definition) is 4. The minimum Gasteiger partial charge on any atom is -0.379 e. The van der Waals surface area contributed by atoms with Gasteiger partial charge in [0.25, 0.3) is 0 Å². The molecule has 1 heterocycles. The van der Waals surface area contributed by atoms with Crippen molar-refractivity contribution in [1.82, 2.24) is 0 Å². The molecule has 0 radical (unpaired) electrons. The van der Waals surface area contributed by atoms with Gasteiger partial charge in [0.05, 0.1) is 10.6 Å². The number of nitro groups is 1. The lowest BCUT2D eigenvalue weighted by Gasteiger charge is -2.06. The smallest absolute Gasteiger partial charge is 0.324 e. The lowest BCUT2D eigenvalue weighted by atomic mass is 10.2.